The number of fused-ring (bicyclic) bond motifs is 1. The fraction of sp³-hybridized carbons (Fsp3) is 0.542. The van der Waals surface area contributed by atoms with Crippen LogP contribution in [0, 0.1) is 0 Å². The molecular weight excluding hydrogens is 420 g/mol. The zero-order valence-corrected chi connectivity index (χ0v) is 19.9. The lowest BCUT2D eigenvalue weighted by molar-refractivity contribution is -0.120. The number of carbonyl (C=O) groups is 2. The predicted octanol–water partition coefficient (Wildman–Crippen LogP) is 2.06. The molecule has 3 aliphatic heterocycles. The maximum absolute atomic E-state index is 13.2. The van der Waals surface area contributed by atoms with Gasteiger partial charge in [0.25, 0.3) is 11.8 Å². The molecule has 3 aliphatic rings. The number of hydrogen-bond donors (Lipinski definition) is 0. The van der Waals surface area contributed by atoms with E-state index in [4.69, 9.17) is 9.73 Å². The van der Waals surface area contributed by atoms with Crippen molar-refractivity contribution in [2.75, 3.05) is 46.4 Å². The number of hydrogen-bond acceptors (Lipinski definition) is 7. The van der Waals surface area contributed by atoms with Gasteiger partial charge in [-0.1, -0.05) is 20.3 Å². The van der Waals surface area contributed by atoms with Gasteiger partial charge in [0.1, 0.15) is 11.5 Å². The topological polar surface area (TPSA) is 90.2 Å². The minimum absolute atomic E-state index is 0.0304. The molecule has 4 rings (SSSR count). The first-order chi connectivity index (χ1) is 16.0. The van der Waals surface area contributed by atoms with E-state index in [0.717, 1.165) is 38.2 Å². The molecule has 1 fully saturated rings. The Morgan fingerprint density at radius 3 is 2.55 bits per heavy atom. The summed E-state index contributed by atoms with van der Waals surface area (Å²) in [5.41, 5.74) is 2.55. The zero-order valence-electron chi connectivity index (χ0n) is 19.9. The molecule has 2 amide bonds. The van der Waals surface area contributed by atoms with E-state index in [0.29, 0.717) is 42.3 Å². The maximum atomic E-state index is 13.2. The van der Waals surface area contributed by atoms with Gasteiger partial charge in [0.05, 0.1) is 17.9 Å². The summed E-state index contributed by atoms with van der Waals surface area (Å²) < 4.78 is 5.81. The molecule has 0 N–H and O–H groups in total. The van der Waals surface area contributed by atoms with E-state index in [1.54, 1.807) is 30.3 Å². The van der Waals surface area contributed by atoms with Gasteiger partial charge in [0.15, 0.2) is 11.9 Å². The Bertz CT molecular complexity index is 1020. The number of amides is 2. The van der Waals surface area contributed by atoms with Gasteiger partial charge in [0, 0.05) is 38.8 Å². The summed E-state index contributed by atoms with van der Waals surface area (Å²) in [6.07, 6.45) is 1.64. The van der Waals surface area contributed by atoms with Gasteiger partial charge in [-0.25, -0.2) is 4.99 Å². The van der Waals surface area contributed by atoms with Crippen molar-refractivity contribution >= 4 is 29.1 Å². The number of rotatable bonds is 7. The van der Waals surface area contributed by atoms with Gasteiger partial charge in [-0.05, 0) is 38.1 Å². The quantitative estimate of drug-likeness (QED) is 0.632. The fourth-order valence-electron chi connectivity index (χ4n) is 4.45. The largest absolute Gasteiger partial charge is 0.493 e. The Kier molecular flexibility index (Phi) is 6.88. The van der Waals surface area contributed by atoms with Crippen molar-refractivity contribution in [1.82, 2.24) is 14.8 Å². The molecule has 0 aliphatic carbocycles. The molecule has 0 saturated carbocycles. The van der Waals surface area contributed by atoms with Crippen LogP contribution in [-0.4, -0.2) is 96.3 Å². The van der Waals surface area contributed by atoms with Crippen LogP contribution in [0.3, 0.4) is 0 Å². The first kappa shape index (κ1) is 23.1. The van der Waals surface area contributed by atoms with Crippen LogP contribution in [0.2, 0.25) is 0 Å². The number of likely N-dealkylation sites (N-methyl/N-ethyl adjacent to an activating group) is 2. The van der Waals surface area contributed by atoms with Crippen LogP contribution in [0.25, 0.3) is 0 Å². The first-order valence-corrected chi connectivity index (χ1v) is 11.8. The van der Waals surface area contributed by atoms with Crippen molar-refractivity contribution in [3.63, 3.8) is 0 Å². The van der Waals surface area contributed by atoms with E-state index in [-0.39, 0.29) is 17.6 Å². The number of piperazine rings is 1. The normalized spacial score (nSPS) is 20.9. The average Bonchev–Trinajstić information content (AvgIpc) is 3.15. The van der Waals surface area contributed by atoms with Crippen molar-refractivity contribution in [3.05, 3.63) is 29.3 Å². The SMILES string of the molecule is CCCC1=NN(C)C2C(=O)N=C(c3cc(C(=O)N4CCN(CC)CC4)ccc3OCC)N=C12. The molecule has 0 spiro atoms. The van der Waals surface area contributed by atoms with E-state index in [1.807, 2.05) is 11.8 Å². The number of benzene rings is 1. The van der Waals surface area contributed by atoms with E-state index in [2.05, 4.69) is 28.8 Å². The second-order valence-corrected chi connectivity index (χ2v) is 8.41. The highest BCUT2D eigenvalue weighted by atomic mass is 16.5. The number of carbonyl (C=O) groups excluding carboxylic acids is 2. The summed E-state index contributed by atoms with van der Waals surface area (Å²) >= 11 is 0. The Labute approximate surface area is 194 Å². The van der Waals surface area contributed by atoms with Crippen LogP contribution < -0.4 is 4.74 Å². The fourth-order valence-corrected chi connectivity index (χ4v) is 4.45. The monoisotopic (exact) mass is 452 g/mol. The van der Waals surface area contributed by atoms with Gasteiger partial charge in [0.2, 0.25) is 0 Å². The third-order valence-electron chi connectivity index (χ3n) is 6.24. The highest BCUT2D eigenvalue weighted by molar-refractivity contribution is 6.52. The lowest BCUT2D eigenvalue weighted by atomic mass is 10.0. The van der Waals surface area contributed by atoms with Crippen molar-refractivity contribution in [3.8, 4) is 5.75 Å². The third-order valence-corrected chi connectivity index (χ3v) is 6.24. The molecule has 1 atom stereocenters. The van der Waals surface area contributed by atoms with Gasteiger partial charge < -0.3 is 14.5 Å². The smallest absolute Gasteiger partial charge is 0.278 e. The van der Waals surface area contributed by atoms with Crippen LogP contribution in [0.1, 0.15) is 49.5 Å². The van der Waals surface area contributed by atoms with Gasteiger partial charge in [-0.15, -0.1) is 0 Å². The second kappa shape index (κ2) is 9.82. The molecule has 9 nitrogen and oxygen atoms in total. The molecule has 33 heavy (non-hydrogen) atoms. The van der Waals surface area contributed by atoms with Crippen LogP contribution in [0.5, 0.6) is 5.75 Å². The summed E-state index contributed by atoms with van der Waals surface area (Å²) in [5, 5.41) is 6.14. The standard InChI is InChI=1S/C24H32N6O3/c1-5-8-18-20-21(28(4)27-18)23(31)26-22(25-20)17-15-16(9-10-19(17)33-7-3)24(32)30-13-11-29(6-2)12-14-30/h9-10,15,21H,5-8,11-14H2,1-4H3. The van der Waals surface area contributed by atoms with Gasteiger partial charge in [-0.3, -0.25) is 14.6 Å². The van der Waals surface area contributed by atoms with Crippen LogP contribution in [0.15, 0.2) is 33.3 Å². The summed E-state index contributed by atoms with van der Waals surface area (Å²) in [5.74, 6) is 0.498. The molecule has 1 aromatic rings. The molecule has 0 radical (unpaired) electrons. The molecule has 1 saturated heterocycles. The molecule has 1 aromatic carbocycles. The van der Waals surface area contributed by atoms with E-state index >= 15 is 0 Å². The van der Waals surface area contributed by atoms with E-state index in [1.165, 1.54) is 0 Å². The van der Waals surface area contributed by atoms with E-state index < -0.39 is 6.04 Å². The Morgan fingerprint density at radius 2 is 1.88 bits per heavy atom. The minimum atomic E-state index is -0.578. The number of aliphatic imine (C=N–C) groups is 2. The molecule has 3 heterocycles. The Morgan fingerprint density at radius 1 is 1.12 bits per heavy atom. The molecule has 1 unspecified atom stereocenters. The zero-order chi connectivity index (χ0) is 23.5. The summed E-state index contributed by atoms with van der Waals surface area (Å²) in [6.45, 7) is 10.7. The Hall–Kier alpha value is -3.07. The number of amidine groups is 1. The van der Waals surface area contributed by atoms with Crippen molar-refractivity contribution in [2.24, 2.45) is 15.1 Å². The van der Waals surface area contributed by atoms with Gasteiger partial charge in [-0.2, -0.15) is 10.1 Å². The van der Waals surface area contributed by atoms with Crippen molar-refractivity contribution in [1.29, 1.82) is 0 Å². The lowest BCUT2D eigenvalue weighted by Crippen LogP contribution is -2.48. The van der Waals surface area contributed by atoms with Crippen molar-refractivity contribution in [2.45, 2.75) is 39.7 Å². The first-order valence-electron chi connectivity index (χ1n) is 11.8. The second-order valence-electron chi connectivity index (χ2n) is 8.41. The molecule has 0 aromatic heterocycles. The Balaban J connectivity index is 1.67. The highest BCUT2D eigenvalue weighted by Gasteiger charge is 2.40. The van der Waals surface area contributed by atoms with Crippen molar-refractivity contribution < 1.29 is 14.3 Å². The summed E-state index contributed by atoms with van der Waals surface area (Å²) in [4.78, 5) is 39.4. The number of nitrogens with zero attached hydrogens (tertiary/aromatic N) is 6. The molecule has 0 bridgehead atoms. The average molecular weight is 453 g/mol. The number of hydrazone groups is 1. The summed E-state index contributed by atoms with van der Waals surface area (Å²) in [6, 6.07) is 4.73. The molecule has 176 valence electrons. The molecular formula is C24H32N6O3. The predicted molar refractivity (Wildman–Crippen MR) is 129 cm³/mol. The lowest BCUT2D eigenvalue weighted by Gasteiger charge is -2.34. The maximum Gasteiger partial charge on any atom is 0.278 e. The van der Waals surface area contributed by atoms with Crippen LogP contribution >= 0.6 is 0 Å². The van der Waals surface area contributed by atoms with Crippen LogP contribution in [-0.2, 0) is 4.79 Å². The third kappa shape index (κ3) is 4.55. The molecule has 9 heteroatoms. The minimum Gasteiger partial charge on any atom is -0.493 e. The van der Waals surface area contributed by atoms with E-state index in [9.17, 15) is 9.59 Å². The highest BCUT2D eigenvalue weighted by Crippen LogP contribution is 2.27. The summed E-state index contributed by atoms with van der Waals surface area (Å²) in [7, 11) is 1.77. The number of ether oxygens (including phenoxy) is 1. The van der Waals surface area contributed by atoms with Crippen LogP contribution in [0.4, 0.5) is 0 Å². The van der Waals surface area contributed by atoms with Gasteiger partial charge >= 0.3 is 0 Å².